The molecule has 1 atom stereocenters. The molecule has 1 aliphatic heterocycles. The zero-order chi connectivity index (χ0) is 20.3. The molecule has 0 saturated heterocycles. The fraction of sp³-hybridized carbons (Fsp3) is 0.526. The van der Waals surface area contributed by atoms with E-state index in [0.717, 1.165) is 11.4 Å². The number of pyridine rings is 1. The Kier molecular flexibility index (Phi) is 6.02. The van der Waals surface area contributed by atoms with Gasteiger partial charge in [-0.15, -0.1) is 0 Å². The number of hydrogen-bond acceptors (Lipinski definition) is 5. The predicted octanol–water partition coefficient (Wildman–Crippen LogP) is 3.20. The van der Waals surface area contributed by atoms with Crippen molar-refractivity contribution in [1.82, 2.24) is 19.7 Å². The highest BCUT2D eigenvalue weighted by molar-refractivity contribution is 5.89. The molecule has 0 spiro atoms. The molecule has 3 rings (SSSR count). The number of carbonyl (C=O) groups is 1. The van der Waals surface area contributed by atoms with E-state index >= 15 is 0 Å². The first-order valence-electron chi connectivity index (χ1n) is 9.25. The number of nitrogens with zero attached hydrogens (tertiary/aromatic N) is 4. The lowest BCUT2D eigenvalue weighted by atomic mass is 10.0. The first kappa shape index (κ1) is 20.3. The Morgan fingerprint density at radius 2 is 2.14 bits per heavy atom. The molecule has 6 nitrogen and oxygen atoms in total. The average molecular weight is 396 g/mol. The minimum Gasteiger partial charge on any atom is -0.461 e. The van der Waals surface area contributed by atoms with E-state index in [0.29, 0.717) is 25.1 Å². The van der Waals surface area contributed by atoms with E-state index < -0.39 is 24.6 Å². The van der Waals surface area contributed by atoms with Crippen molar-refractivity contribution in [2.75, 3.05) is 13.2 Å². The smallest absolute Gasteiger partial charge is 0.390 e. The van der Waals surface area contributed by atoms with Crippen LogP contribution in [0.1, 0.15) is 47.7 Å². The molecule has 2 aromatic heterocycles. The Morgan fingerprint density at radius 3 is 2.79 bits per heavy atom. The third kappa shape index (κ3) is 4.70. The van der Waals surface area contributed by atoms with Crippen LogP contribution in [0, 0.1) is 0 Å². The van der Waals surface area contributed by atoms with E-state index in [1.807, 2.05) is 18.2 Å². The van der Waals surface area contributed by atoms with Gasteiger partial charge in [-0.05, 0) is 26.0 Å². The Balaban J connectivity index is 1.89. The molecule has 0 radical (unpaired) electrons. The maximum atomic E-state index is 12.8. The first-order valence-corrected chi connectivity index (χ1v) is 9.25. The molecule has 0 aromatic carbocycles. The Hall–Kier alpha value is -2.42. The number of ether oxygens (including phenoxy) is 1. The minimum absolute atomic E-state index is 0.177. The molecule has 0 N–H and O–H groups in total. The number of alkyl halides is 3. The van der Waals surface area contributed by atoms with Gasteiger partial charge in [-0.1, -0.05) is 6.07 Å². The van der Waals surface area contributed by atoms with Crippen molar-refractivity contribution in [2.24, 2.45) is 0 Å². The fourth-order valence-electron chi connectivity index (χ4n) is 3.49. The monoisotopic (exact) mass is 396 g/mol. The molecule has 3 heterocycles. The molecule has 9 heteroatoms. The van der Waals surface area contributed by atoms with Crippen LogP contribution < -0.4 is 0 Å². The average Bonchev–Trinajstić information content (AvgIpc) is 2.99. The molecule has 152 valence electrons. The van der Waals surface area contributed by atoms with Crippen molar-refractivity contribution in [3.05, 3.63) is 47.0 Å². The summed E-state index contributed by atoms with van der Waals surface area (Å²) in [7, 11) is 0. The molecule has 1 unspecified atom stereocenters. The summed E-state index contributed by atoms with van der Waals surface area (Å²) < 4.78 is 45.2. The van der Waals surface area contributed by atoms with Gasteiger partial charge in [0.1, 0.15) is 0 Å². The van der Waals surface area contributed by atoms with Gasteiger partial charge in [-0.25, -0.2) is 4.79 Å². The standard InChI is InChI=1S/C19H23F3N4O2/c1-3-28-18(27)17-15-12-25(13(2)10-19(20,21)22)9-7-16(15)26(24-17)11-14-6-4-5-8-23-14/h4-6,8,13H,3,7,9-12H2,1-2H3. The lowest BCUT2D eigenvalue weighted by molar-refractivity contribution is -0.146. The number of halogens is 3. The van der Waals surface area contributed by atoms with Crippen LogP contribution >= 0.6 is 0 Å². The van der Waals surface area contributed by atoms with Gasteiger partial charge in [0, 0.05) is 43.0 Å². The zero-order valence-electron chi connectivity index (χ0n) is 15.9. The van der Waals surface area contributed by atoms with Crippen LogP contribution in [0.25, 0.3) is 0 Å². The van der Waals surface area contributed by atoms with Gasteiger partial charge in [0.15, 0.2) is 5.69 Å². The number of rotatable bonds is 6. The number of carbonyl (C=O) groups excluding carboxylic acids is 1. The lowest BCUT2D eigenvalue weighted by Crippen LogP contribution is -2.40. The highest BCUT2D eigenvalue weighted by atomic mass is 19.4. The second-order valence-electron chi connectivity index (χ2n) is 6.86. The van der Waals surface area contributed by atoms with Gasteiger partial charge in [-0.2, -0.15) is 18.3 Å². The summed E-state index contributed by atoms with van der Waals surface area (Å²) in [5.74, 6) is -0.552. The summed E-state index contributed by atoms with van der Waals surface area (Å²) >= 11 is 0. The van der Waals surface area contributed by atoms with Crippen LogP contribution in [0.5, 0.6) is 0 Å². The predicted molar refractivity (Wildman–Crippen MR) is 95.8 cm³/mol. The molecule has 2 aromatic rings. The molecule has 0 amide bonds. The molecule has 0 fully saturated rings. The zero-order valence-corrected chi connectivity index (χ0v) is 15.9. The Morgan fingerprint density at radius 1 is 1.36 bits per heavy atom. The van der Waals surface area contributed by atoms with Gasteiger partial charge in [0.2, 0.25) is 0 Å². The van der Waals surface area contributed by atoms with Crippen molar-refractivity contribution in [1.29, 1.82) is 0 Å². The van der Waals surface area contributed by atoms with E-state index in [1.54, 1.807) is 29.6 Å². The minimum atomic E-state index is -4.23. The number of hydrogen-bond donors (Lipinski definition) is 0. The van der Waals surface area contributed by atoms with E-state index in [1.165, 1.54) is 0 Å². The van der Waals surface area contributed by atoms with Crippen LogP contribution in [0.3, 0.4) is 0 Å². The van der Waals surface area contributed by atoms with Gasteiger partial charge in [0.25, 0.3) is 0 Å². The summed E-state index contributed by atoms with van der Waals surface area (Å²) in [6.07, 6.45) is -2.93. The summed E-state index contributed by atoms with van der Waals surface area (Å²) in [5, 5.41) is 4.43. The topological polar surface area (TPSA) is 60.2 Å². The highest BCUT2D eigenvalue weighted by Crippen LogP contribution is 2.29. The van der Waals surface area contributed by atoms with Crippen molar-refractivity contribution in [3.8, 4) is 0 Å². The second-order valence-corrected chi connectivity index (χ2v) is 6.86. The number of fused-ring (bicyclic) bond motifs is 1. The van der Waals surface area contributed by atoms with Crippen LogP contribution in [0.15, 0.2) is 24.4 Å². The molecule has 0 bridgehead atoms. The highest BCUT2D eigenvalue weighted by Gasteiger charge is 2.36. The SMILES string of the molecule is CCOC(=O)c1nn(Cc2ccccn2)c2c1CN(C(C)CC(F)(F)F)CC2. The molecular weight excluding hydrogens is 373 g/mol. The molecule has 1 aliphatic rings. The van der Waals surface area contributed by atoms with Crippen molar-refractivity contribution in [2.45, 2.75) is 52.0 Å². The Bertz CT molecular complexity index is 821. The lowest BCUT2D eigenvalue weighted by Gasteiger charge is -2.33. The van der Waals surface area contributed by atoms with Crippen molar-refractivity contribution >= 4 is 5.97 Å². The second kappa shape index (κ2) is 8.30. The van der Waals surface area contributed by atoms with E-state index in [2.05, 4.69) is 10.1 Å². The van der Waals surface area contributed by atoms with Crippen LogP contribution in [-0.4, -0.2) is 51.0 Å². The van der Waals surface area contributed by atoms with Gasteiger partial charge >= 0.3 is 12.1 Å². The van der Waals surface area contributed by atoms with Gasteiger partial charge in [0.05, 0.1) is 25.3 Å². The molecular formula is C19H23F3N4O2. The summed E-state index contributed by atoms with van der Waals surface area (Å²) in [5.41, 5.74) is 2.46. The molecule has 0 aliphatic carbocycles. The van der Waals surface area contributed by atoms with E-state index in [-0.39, 0.29) is 18.8 Å². The summed E-state index contributed by atoms with van der Waals surface area (Å²) in [6, 6.07) is 4.86. The largest absolute Gasteiger partial charge is 0.461 e. The number of esters is 1. The van der Waals surface area contributed by atoms with Gasteiger partial charge < -0.3 is 4.74 Å². The molecule has 28 heavy (non-hydrogen) atoms. The third-order valence-electron chi connectivity index (χ3n) is 4.82. The van der Waals surface area contributed by atoms with Crippen LogP contribution in [-0.2, 0) is 24.2 Å². The van der Waals surface area contributed by atoms with E-state index in [9.17, 15) is 18.0 Å². The Labute approximate surface area is 161 Å². The maximum Gasteiger partial charge on any atom is 0.390 e. The van der Waals surface area contributed by atoms with E-state index in [4.69, 9.17) is 4.74 Å². The van der Waals surface area contributed by atoms with Crippen LogP contribution in [0.2, 0.25) is 0 Å². The maximum absolute atomic E-state index is 12.8. The van der Waals surface area contributed by atoms with Crippen molar-refractivity contribution in [3.63, 3.8) is 0 Å². The quantitative estimate of drug-likeness (QED) is 0.702. The first-order chi connectivity index (χ1) is 13.3. The molecule has 0 saturated carbocycles. The van der Waals surface area contributed by atoms with Crippen LogP contribution in [0.4, 0.5) is 13.2 Å². The fourth-order valence-corrected chi connectivity index (χ4v) is 3.49. The third-order valence-corrected chi connectivity index (χ3v) is 4.82. The van der Waals surface area contributed by atoms with Gasteiger partial charge in [-0.3, -0.25) is 14.6 Å². The summed E-state index contributed by atoms with van der Waals surface area (Å²) in [4.78, 5) is 18.4. The van der Waals surface area contributed by atoms with Crippen molar-refractivity contribution < 1.29 is 22.7 Å². The number of aromatic nitrogens is 3. The normalized spacial score (nSPS) is 15.9. The summed E-state index contributed by atoms with van der Waals surface area (Å²) in [6.45, 7) is 4.56.